The fourth-order valence-electron chi connectivity index (χ4n) is 4.13. The number of hydrogen-bond donors (Lipinski definition) is 1. The van der Waals surface area contributed by atoms with E-state index in [0.29, 0.717) is 23.2 Å². The smallest absolute Gasteiger partial charge is 0.0573 e. The molecule has 2 aliphatic carbocycles. The van der Waals surface area contributed by atoms with Crippen LogP contribution in [-0.4, -0.2) is 11.2 Å². The van der Waals surface area contributed by atoms with Gasteiger partial charge in [0.1, 0.15) is 0 Å². The monoisotopic (exact) mass is 206 g/mol. The van der Waals surface area contributed by atoms with Crippen LogP contribution in [0, 0.1) is 35.5 Å². The van der Waals surface area contributed by atoms with Crippen molar-refractivity contribution in [3.8, 4) is 12.3 Å². The first kappa shape index (κ1) is 11.0. The molecule has 5 atom stereocenters. The van der Waals surface area contributed by atoms with Crippen molar-refractivity contribution < 1.29 is 5.11 Å². The van der Waals surface area contributed by atoms with E-state index in [1.165, 1.54) is 25.7 Å². The Labute approximate surface area is 93.3 Å². The summed E-state index contributed by atoms with van der Waals surface area (Å²) >= 11 is 0. The Bertz CT molecular complexity index is 278. The van der Waals surface area contributed by atoms with E-state index < -0.39 is 0 Å². The van der Waals surface area contributed by atoms with Gasteiger partial charge in [0.15, 0.2) is 0 Å². The average Bonchev–Trinajstić information content (AvgIpc) is 2.56. The molecule has 0 aliphatic heterocycles. The minimum atomic E-state index is -0.0706. The molecule has 1 N–H and O–H groups in total. The molecule has 0 saturated heterocycles. The summed E-state index contributed by atoms with van der Waals surface area (Å²) in [7, 11) is 0. The van der Waals surface area contributed by atoms with E-state index in [9.17, 15) is 5.11 Å². The van der Waals surface area contributed by atoms with Gasteiger partial charge >= 0.3 is 0 Å². The lowest BCUT2D eigenvalue weighted by atomic mass is 9.62. The maximum atomic E-state index is 10.1. The summed E-state index contributed by atoms with van der Waals surface area (Å²) in [4.78, 5) is 0. The lowest BCUT2D eigenvalue weighted by Crippen LogP contribution is -2.41. The van der Waals surface area contributed by atoms with Gasteiger partial charge in [0, 0.05) is 5.92 Å². The van der Waals surface area contributed by atoms with E-state index in [-0.39, 0.29) is 6.10 Å². The lowest BCUT2D eigenvalue weighted by molar-refractivity contribution is -0.0224. The molecule has 2 rings (SSSR count). The number of rotatable bonds is 1. The zero-order chi connectivity index (χ0) is 11.1. The van der Waals surface area contributed by atoms with E-state index in [4.69, 9.17) is 6.42 Å². The second-order valence-corrected chi connectivity index (χ2v) is 5.71. The highest BCUT2D eigenvalue weighted by atomic mass is 16.3. The van der Waals surface area contributed by atoms with Gasteiger partial charge in [0.05, 0.1) is 6.10 Å². The van der Waals surface area contributed by atoms with Gasteiger partial charge in [-0.2, -0.15) is 0 Å². The minimum absolute atomic E-state index is 0.0706. The third-order valence-electron chi connectivity index (χ3n) is 5.03. The first-order chi connectivity index (χ1) is 7.09. The van der Waals surface area contributed by atoms with Crippen molar-refractivity contribution >= 4 is 0 Å². The molecule has 1 nitrogen and oxygen atoms in total. The molecule has 15 heavy (non-hydrogen) atoms. The molecule has 0 amide bonds. The second-order valence-electron chi connectivity index (χ2n) is 5.71. The van der Waals surface area contributed by atoms with Crippen molar-refractivity contribution in [3.63, 3.8) is 0 Å². The van der Waals surface area contributed by atoms with E-state index in [1.54, 1.807) is 0 Å². The maximum absolute atomic E-state index is 10.1. The van der Waals surface area contributed by atoms with Crippen LogP contribution < -0.4 is 0 Å². The van der Waals surface area contributed by atoms with Gasteiger partial charge in [-0.15, -0.1) is 12.3 Å². The van der Waals surface area contributed by atoms with Crippen LogP contribution in [-0.2, 0) is 0 Å². The van der Waals surface area contributed by atoms with Crippen molar-refractivity contribution in [2.24, 2.45) is 23.2 Å². The fourth-order valence-corrected chi connectivity index (χ4v) is 4.13. The van der Waals surface area contributed by atoms with Crippen LogP contribution in [0.4, 0.5) is 0 Å². The van der Waals surface area contributed by atoms with Crippen LogP contribution in [0.5, 0.6) is 0 Å². The molecule has 84 valence electrons. The highest BCUT2D eigenvalue weighted by Gasteiger charge is 2.51. The second kappa shape index (κ2) is 3.83. The fraction of sp³-hybridized carbons (Fsp3) is 0.857. The SMILES string of the molecule is C#C[C@@H](C)[C@H]1CC[C@H]2[C@@H](O)CCC[C@]12C. The van der Waals surface area contributed by atoms with E-state index >= 15 is 0 Å². The molecule has 2 aliphatic rings. The highest BCUT2D eigenvalue weighted by Crippen LogP contribution is 2.57. The highest BCUT2D eigenvalue weighted by molar-refractivity contribution is 5.07. The Balaban J connectivity index is 2.22. The number of aliphatic hydroxyl groups is 1. The zero-order valence-corrected chi connectivity index (χ0v) is 9.87. The zero-order valence-electron chi connectivity index (χ0n) is 9.87. The van der Waals surface area contributed by atoms with Gasteiger partial charge in [-0.3, -0.25) is 0 Å². The molecule has 2 fully saturated rings. The molecule has 0 bridgehead atoms. The topological polar surface area (TPSA) is 20.2 Å². The molecule has 2 saturated carbocycles. The molecule has 0 aromatic rings. The maximum Gasteiger partial charge on any atom is 0.0573 e. The predicted molar refractivity (Wildman–Crippen MR) is 62.2 cm³/mol. The molecule has 0 unspecified atom stereocenters. The summed E-state index contributed by atoms with van der Waals surface area (Å²) in [6.07, 6.45) is 11.3. The van der Waals surface area contributed by atoms with Crippen molar-refractivity contribution in [2.75, 3.05) is 0 Å². The summed E-state index contributed by atoms with van der Waals surface area (Å²) in [6.45, 7) is 4.52. The van der Waals surface area contributed by atoms with Crippen LogP contribution in [0.15, 0.2) is 0 Å². The largest absolute Gasteiger partial charge is 0.393 e. The molecular weight excluding hydrogens is 184 g/mol. The number of terminal acetylenes is 1. The van der Waals surface area contributed by atoms with Crippen LogP contribution in [0.2, 0.25) is 0 Å². The Kier molecular flexibility index (Phi) is 2.81. The molecule has 0 aromatic carbocycles. The summed E-state index contributed by atoms with van der Waals surface area (Å²) in [5, 5.41) is 10.1. The van der Waals surface area contributed by atoms with E-state index in [0.717, 1.165) is 6.42 Å². The van der Waals surface area contributed by atoms with Crippen molar-refractivity contribution in [1.82, 2.24) is 0 Å². The molecule has 0 heterocycles. The van der Waals surface area contributed by atoms with Crippen LogP contribution in [0.1, 0.15) is 46.0 Å². The van der Waals surface area contributed by atoms with Gasteiger partial charge < -0.3 is 5.11 Å². The third kappa shape index (κ3) is 1.60. The first-order valence-corrected chi connectivity index (χ1v) is 6.24. The molecule has 0 spiro atoms. The van der Waals surface area contributed by atoms with Gasteiger partial charge in [-0.05, 0) is 42.9 Å². The third-order valence-corrected chi connectivity index (χ3v) is 5.03. The summed E-state index contributed by atoms with van der Waals surface area (Å²) in [5.41, 5.74) is 0.309. The number of aliphatic hydroxyl groups excluding tert-OH is 1. The van der Waals surface area contributed by atoms with Crippen LogP contribution in [0.3, 0.4) is 0 Å². The first-order valence-electron chi connectivity index (χ1n) is 6.24. The normalized spacial score (nSPS) is 46.9. The average molecular weight is 206 g/mol. The minimum Gasteiger partial charge on any atom is -0.393 e. The Morgan fingerprint density at radius 1 is 1.40 bits per heavy atom. The Hall–Kier alpha value is -0.480. The van der Waals surface area contributed by atoms with Crippen molar-refractivity contribution in [3.05, 3.63) is 0 Å². The molecule has 1 heteroatoms. The van der Waals surface area contributed by atoms with Crippen LogP contribution >= 0.6 is 0 Å². The standard InChI is InChI=1S/C14H22O/c1-4-10(2)11-7-8-12-13(15)6-5-9-14(11,12)3/h1,10-13,15H,5-9H2,2-3H3/t10-,11-,12+,13+,14-/m1/s1. The molecular formula is C14H22O. The van der Waals surface area contributed by atoms with Crippen molar-refractivity contribution in [1.29, 1.82) is 0 Å². The van der Waals surface area contributed by atoms with Gasteiger partial charge in [-0.1, -0.05) is 20.3 Å². The van der Waals surface area contributed by atoms with Crippen molar-refractivity contribution in [2.45, 2.75) is 52.1 Å². The summed E-state index contributed by atoms with van der Waals surface area (Å²) in [6, 6.07) is 0. The summed E-state index contributed by atoms with van der Waals surface area (Å²) < 4.78 is 0. The van der Waals surface area contributed by atoms with Crippen LogP contribution in [0.25, 0.3) is 0 Å². The van der Waals surface area contributed by atoms with E-state index in [2.05, 4.69) is 19.8 Å². The summed E-state index contributed by atoms with van der Waals surface area (Å²) in [5.74, 6) is 4.40. The van der Waals surface area contributed by atoms with Gasteiger partial charge in [0.2, 0.25) is 0 Å². The molecule has 0 radical (unpaired) electrons. The molecule has 0 aromatic heterocycles. The van der Waals surface area contributed by atoms with Gasteiger partial charge in [-0.25, -0.2) is 0 Å². The Morgan fingerprint density at radius 3 is 2.80 bits per heavy atom. The predicted octanol–water partition coefficient (Wildman–Crippen LogP) is 2.83. The Morgan fingerprint density at radius 2 is 2.13 bits per heavy atom. The van der Waals surface area contributed by atoms with E-state index in [1.807, 2.05) is 0 Å². The lowest BCUT2D eigenvalue weighted by Gasteiger charge is -2.44. The quantitative estimate of drug-likeness (QED) is 0.654. The number of fused-ring (bicyclic) bond motifs is 1. The number of hydrogen-bond acceptors (Lipinski definition) is 1. The van der Waals surface area contributed by atoms with Gasteiger partial charge in [0.25, 0.3) is 0 Å².